The Kier molecular flexibility index (Phi) is 3.13. The molecule has 4 nitrogen and oxygen atoms in total. The first-order valence-electron chi connectivity index (χ1n) is 5.50. The predicted molar refractivity (Wildman–Crippen MR) is 70.0 cm³/mol. The minimum atomic E-state index is -0.324. The van der Waals surface area contributed by atoms with Crippen LogP contribution in [0.4, 0.5) is 5.69 Å². The van der Waals surface area contributed by atoms with Crippen LogP contribution in [0.25, 0.3) is 0 Å². The fraction of sp³-hybridized carbons (Fsp3) is 0.231. The summed E-state index contributed by atoms with van der Waals surface area (Å²) in [6, 6.07) is 5.28. The molecule has 0 unspecified atom stereocenters. The number of carbonyl (C=O) groups is 2. The van der Waals surface area contributed by atoms with Gasteiger partial charge < -0.3 is 0 Å². The number of imide groups is 1. The lowest BCUT2D eigenvalue weighted by Crippen LogP contribution is -2.36. The monoisotopic (exact) mass is 264 g/mol. The molecule has 1 aliphatic heterocycles. The van der Waals surface area contributed by atoms with Crippen molar-refractivity contribution in [2.24, 2.45) is 0 Å². The Bertz CT molecular complexity index is 534. The molecule has 1 aliphatic rings. The number of amides is 2. The fourth-order valence-electron chi connectivity index (χ4n) is 1.78. The maximum Gasteiger partial charge on any atom is 0.275 e. The van der Waals surface area contributed by atoms with Gasteiger partial charge in [0.2, 0.25) is 0 Å². The molecule has 94 valence electrons. The van der Waals surface area contributed by atoms with Gasteiger partial charge >= 0.3 is 0 Å². The van der Waals surface area contributed by atoms with E-state index in [1.165, 1.54) is 0 Å². The summed E-state index contributed by atoms with van der Waals surface area (Å²) in [7, 11) is 0. The molecule has 1 aromatic rings. The maximum absolute atomic E-state index is 11.9. The van der Waals surface area contributed by atoms with Crippen molar-refractivity contribution in [3.8, 4) is 0 Å². The third-order valence-corrected chi connectivity index (χ3v) is 3.11. The third kappa shape index (κ3) is 2.11. The van der Waals surface area contributed by atoms with Gasteiger partial charge in [0, 0.05) is 16.2 Å². The lowest BCUT2D eigenvalue weighted by molar-refractivity contribution is -0.135. The van der Waals surface area contributed by atoms with E-state index in [4.69, 9.17) is 11.6 Å². The van der Waals surface area contributed by atoms with E-state index in [9.17, 15) is 9.59 Å². The second-order valence-electron chi connectivity index (χ2n) is 4.32. The van der Waals surface area contributed by atoms with Crippen LogP contribution >= 0.6 is 11.6 Å². The van der Waals surface area contributed by atoms with Crippen molar-refractivity contribution in [2.75, 3.05) is 5.43 Å². The van der Waals surface area contributed by atoms with Gasteiger partial charge in [-0.3, -0.25) is 15.0 Å². The van der Waals surface area contributed by atoms with E-state index in [1.54, 1.807) is 26.0 Å². The first kappa shape index (κ1) is 12.6. The zero-order chi connectivity index (χ0) is 13.4. The molecular weight excluding hydrogens is 252 g/mol. The number of rotatable bonds is 2. The Morgan fingerprint density at radius 1 is 1.00 bits per heavy atom. The van der Waals surface area contributed by atoms with Crippen molar-refractivity contribution >= 4 is 29.1 Å². The normalized spacial score (nSPS) is 15.7. The van der Waals surface area contributed by atoms with Crippen LogP contribution in [0, 0.1) is 6.92 Å². The summed E-state index contributed by atoms with van der Waals surface area (Å²) < 4.78 is 0. The molecule has 2 amide bonds. The summed E-state index contributed by atoms with van der Waals surface area (Å²) in [6.07, 6.45) is 0. The summed E-state index contributed by atoms with van der Waals surface area (Å²) in [5.74, 6) is -0.648. The number of hydrogen-bond acceptors (Lipinski definition) is 3. The highest BCUT2D eigenvalue weighted by molar-refractivity contribution is 6.31. The molecular formula is C13H13ClN2O2. The number of halogens is 1. The lowest BCUT2D eigenvalue weighted by Gasteiger charge is -2.17. The van der Waals surface area contributed by atoms with Crippen LogP contribution in [0.3, 0.4) is 0 Å². The smallest absolute Gasteiger partial charge is 0.275 e. The average molecular weight is 265 g/mol. The summed E-state index contributed by atoms with van der Waals surface area (Å²) in [6.45, 7) is 5.17. The molecule has 0 bridgehead atoms. The largest absolute Gasteiger partial charge is 0.288 e. The topological polar surface area (TPSA) is 49.4 Å². The van der Waals surface area contributed by atoms with Crippen LogP contribution in [-0.4, -0.2) is 16.8 Å². The predicted octanol–water partition coefficient (Wildman–Crippen LogP) is 2.68. The molecule has 2 rings (SSSR count). The van der Waals surface area contributed by atoms with Gasteiger partial charge in [-0.25, -0.2) is 0 Å². The van der Waals surface area contributed by atoms with Crippen molar-refractivity contribution in [1.82, 2.24) is 5.01 Å². The zero-order valence-corrected chi connectivity index (χ0v) is 11.1. The average Bonchev–Trinajstić information content (AvgIpc) is 2.46. The number of nitrogens with one attached hydrogen (secondary N) is 1. The van der Waals surface area contributed by atoms with Crippen LogP contribution < -0.4 is 5.43 Å². The summed E-state index contributed by atoms with van der Waals surface area (Å²) >= 11 is 5.93. The Morgan fingerprint density at radius 2 is 1.56 bits per heavy atom. The van der Waals surface area contributed by atoms with E-state index in [0.29, 0.717) is 21.9 Å². The molecule has 18 heavy (non-hydrogen) atoms. The van der Waals surface area contributed by atoms with Crippen LogP contribution in [0.1, 0.15) is 19.4 Å². The van der Waals surface area contributed by atoms with E-state index in [0.717, 1.165) is 10.6 Å². The number of hydrazine groups is 1. The molecule has 0 fully saturated rings. The minimum absolute atomic E-state index is 0.324. The van der Waals surface area contributed by atoms with E-state index < -0.39 is 0 Å². The van der Waals surface area contributed by atoms with E-state index in [1.807, 2.05) is 13.0 Å². The Balaban J connectivity index is 2.26. The van der Waals surface area contributed by atoms with Gasteiger partial charge in [0.15, 0.2) is 0 Å². The molecule has 0 aliphatic carbocycles. The number of anilines is 1. The van der Waals surface area contributed by atoms with Crippen molar-refractivity contribution in [1.29, 1.82) is 0 Å². The van der Waals surface area contributed by atoms with Gasteiger partial charge in [-0.15, -0.1) is 0 Å². The summed E-state index contributed by atoms with van der Waals surface area (Å²) in [4.78, 5) is 23.7. The first-order chi connectivity index (χ1) is 8.40. The quantitative estimate of drug-likeness (QED) is 0.836. The van der Waals surface area contributed by atoms with Crippen molar-refractivity contribution in [2.45, 2.75) is 20.8 Å². The number of hydrogen-bond donors (Lipinski definition) is 1. The van der Waals surface area contributed by atoms with Crippen molar-refractivity contribution in [3.05, 3.63) is 39.9 Å². The standard InChI is InChI=1S/C13H13ClN2O2/c1-7-4-10(14)6-11(5-7)15-16-12(17)8(2)9(3)13(16)18/h4-6,15H,1-3H3. The van der Waals surface area contributed by atoms with Crippen LogP contribution in [0.5, 0.6) is 0 Å². The molecule has 0 saturated heterocycles. The molecule has 1 aromatic carbocycles. The third-order valence-electron chi connectivity index (χ3n) is 2.89. The molecule has 0 spiro atoms. The van der Waals surface area contributed by atoms with Gasteiger partial charge in [0.25, 0.3) is 11.8 Å². The zero-order valence-electron chi connectivity index (χ0n) is 10.4. The highest BCUT2D eigenvalue weighted by Crippen LogP contribution is 2.23. The Hall–Kier alpha value is -1.81. The molecule has 0 saturated carbocycles. The second-order valence-corrected chi connectivity index (χ2v) is 4.76. The second kappa shape index (κ2) is 4.46. The minimum Gasteiger partial charge on any atom is -0.288 e. The molecule has 1 N–H and O–H groups in total. The molecule has 5 heteroatoms. The fourth-order valence-corrected chi connectivity index (χ4v) is 2.07. The number of nitrogens with zero attached hydrogens (tertiary/aromatic N) is 1. The van der Waals surface area contributed by atoms with Crippen molar-refractivity contribution in [3.63, 3.8) is 0 Å². The Labute approximate surface area is 110 Å². The van der Waals surface area contributed by atoms with Gasteiger partial charge in [0.05, 0.1) is 5.69 Å². The van der Waals surface area contributed by atoms with Crippen LogP contribution in [0.15, 0.2) is 29.3 Å². The van der Waals surface area contributed by atoms with Gasteiger partial charge in [-0.05, 0) is 44.5 Å². The van der Waals surface area contributed by atoms with Gasteiger partial charge in [0.1, 0.15) is 0 Å². The molecule has 1 heterocycles. The van der Waals surface area contributed by atoms with Crippen LogP contribution in [-0.2, 0) is 9.59 Å². The van der Waals surface area contributed by atoms with Gasteiger partial charge in [-0.1, -0.05) is 11.6 Å². The highest BCUT2D eigenvalue weighted by atomic mass is 35.5. The molecule has 0 radical (unpaired) electrons. The van der Waals surface area contributed by atoms with Crippen molar-refractivity contribution < 1.29 is 9.59 Å². The summed E-state index contributed by atoms with van der Waals surface area (Å²) in [5.41, 5.74) is 5.28. The summed E-state index contributed by atoms with van der Waals surface area (Å²) in [5, 5.41) is 1.56. The maximum atomic E-state index is 11.9. The molecule has 0 aromatic heterocycles. The van der Waals surface area contributed by atoms with Crippen LogP contribution in [0.2, 0.25) is 5.02 Å². The number of aryl methyl sites for hydroxylation is 1. The lowest BCUT2D eigenvalue weighted by atomic mass is 10.2. The SMILES string of the molecule is CC1=C(C)C(=O)N(Nc2cc(C)cc(Cl)c2)C1=O. The number of benzene rings is 1. The first-order valence-corrected chi connectivity index (χ1v) is 5.88. The van der Waals surface area contributed by atoms with E-state index in [2.05, 4.69) is 5.43 Å². The number of carbonyl (C=O) groups excluding carboxylic acids is 2. The van der Waals surface area contributed by atoms with E-state index >= 15 is 0 Å². The molecule has 0 atom stereocenters. The van der Waals surface area contributed by atoms with Gasteiger partial charge in [-0.2, -0.15) is 5.01 Å². The highest BCUT2D eigenvalue weighted by Gasteiger charge is 2.33. The Morgan fingerprint density at radius 3 is 2.06 bits per heavy atom. The van der Waals surface area contributed by atoms with E-state index in [-0.39, 0.29) is 11.8 Å².